The van der Waals surface area contributed by atoms with Crippen molar-refractivity contribution in [3.8, 4) is 5.75 Å². The zero-order chi connectivity index (χ0) is 19.3. The number of pyridine rings is 1. The molecule has 1 heterocycles. The first-order valence-electron chi connectivity index (χ1n) is 8.05. The molecule has 3 N–H and O–H groups in total. The zero-order valence-corrected chi connectivity index (χ0v) is 14.6. The summed E-state index contributed by atoms with van der Waals surface area (Å²) in [6.07, 6.45) is 2.88. The number of ether oxygens (including phenoxy) is 2. The summed E-state index contributed by atoms with van der Waals surface area (Å²) < 4.78 is 50.5. The van der Waals surface area contributed by atoms with Gasteiger partial charge in [-0.2, -0.15) is 13.2 Å². The highest BCUT2D eigenvalue weighted by Gasteiger charge is 2.42. The van der Waals surface area contributed by atoms with E-state index in [0.717, 1.165) is 12.0 Å². The second-order valence-electron chi connectivity index (χ2n) is 5.87. The van der Waals surface area contributed by atoms with E-state index >= 15 is 0 Å². The molecule has 0 aromatic carbocycles. The van der Waals surface area contributed by atoms with Crippen LogP contribution in [0.3, 0.4) is 0 Å². The van der Waals surface area contributed by atoms with Crippen LogP contribution in [0.15, 0.2) is 48.4 Å². The highest BCUT2D eigenvalue weighted by molar-refractivity contribution is 5.52. The van der Waals surface area contributed by atoms with Gasteiger partial charge in [0, 0.05) is 12.1 Å². The van der Waals surface area contributed by atoms with Gasteiger partial charge in [0.15, 0.2) is 5.82 Å². The SMILES string of the molecule is C=C(/C(=C\C=C/C)OC)C1C[C@H]1COc1ccnc(NN)c1C(F)(F)F. The molecule has 1 aliphatic carbocycles. The van der Waals surface area contributed by atoms with Gasteiger partial charge in [0.25, 0.3) is 0 Å². The first kappa shape index (κ1) is 19.8. The summed E-state index contributed by atoms with van der Waals surface area (Å²) in [5.74, 6) is 5.22. The summed E-state index contributed by atoms with van der Waals surface area (Å²) in [5.41, 5.74) is 1.76. The third kappa shape index (κ3) is 4.57. The van der Waals surface area contributed by atoms with E-state index in [1.165, 1.54) is 12.3 Å². The van der Waals surface area contributed by atoms with Crippen molar-refractivity contribution in [2.45, 2.75) is 19.5 Å². The van der Waals surface area contributed by atoms with Gasteiger partial charge in [-0.15, -0.1) is 0 Å². The molecular weight excluding hydrogens is 347 g/mol. The van der Waals surface area contributed by atoms with E-state index in [1.807, 2.05) is 30.6 Å². The van der Waals surface area contributed by atoms with Crippen molar-refractivity contribution in [3.05, 3.63) is 54.0 Å². The predicted molar refractivity (Wildman–Crippen MR) is 93.2 cm³/mol. The van der Waals surface area contributed by atoms with Crippen LogP contribution in [0.4, 0.5) is 19.0 Å². The van der Waals surface area contributed by atoms with E-state index < -0.39 is 17.6 Å². The van der Waals surface area contributed by atoms with Crippen molar-refractivity contribution in [1.82, 2.24) is 4.98 Å². The van der Waals surface area contributed by atoms with Crippen molar-refractivity contribution < 1.29 is 22.6 Å². The highest BCUT2D eigenvalue weighted by Crippen LogP contribution is 2.47. The monoisotopic (exact) mass is 369 g/mol. The van der Waals surface area contributed by atoms with Crippen LogP contribution in [0.1, 0.15) is 18.9 Å². The van der Waals surface area contributed by atoms with Crippen LogP contribution in [0.5, 0.6) is 5.75 Å². The molecule has 0 saturated heterocycles. The Morgan fingerprint density at radius 3 is 2.81 bits per heavy atom. The number of methoxy groups -OCH3 is 1. The molecule has 0 amide bonds. The molecule has 26 heavy (non-hydrogen) atoms. The number of anilines is 1. The summed E-state index contributed by atoms with van der Waals surface area (Å²) in [6.45, 7) is 6.06. The molecule has 2 atom stereocenters. The topological polar surface area (TPSA) is 69.4 Å². The van der Waals surface area contributed by atoms with Crippen molar-refractivity contribution in [1.29, 1.82) is 0 Å². The van der Waals surface area contributed by atoms with Crippen LogP contribution in [-0.2, 0) is 10.9 Å². The number of alkyl halides is 3. The predicted octanol–water partition coefficient (Wildman–Crippen LogP) is 4.06. The fourth-order valence-electron chi connectivity index (χ4n) is 2.68. The lowest BCUT2D eigenvalue weighted by Gasteiger charge is -2.16. The molecule has 0 aliphatic heterocycles. The third-order valence-electron chi connectivity index (χ3n) is 4.13. The second kappa shape index (κ2) is 8.27. The minimum absolute atomic E-state index is 0.0789. The largest absolute Gasteiger partial charge is 0.496 e. The van der Waals surface area contributed by atoms with Crippen LogP contribution >= 0.6 is 0 Å². The molecule has 8 heteroatoms. The molecule has 1 unspecified atom stereocenters. The number of hydrazine groups is 1. The number of hydrogen-bond donors (Lipinski definition) is 2. The van der Waals surface area contributed by atoms with E-state index in [1.54, 1.807) is 7.11 Å². The van der Waals surface area contributed by atoms with Gasteiger partial charge < -0.3 is 14.9 Å². The van der Waals surface area contributed by atoms with Crippen molar-refractivity contribution in [2.24, 2.45) is 17.7 Å². The van der Waals surface area contributed by atoms with E-state index in [9.17, 15) is 13.2 Å². The molecular formula is C18H22F3N3O2. The van der Waals surface area contributed by atoms with Crippen LogP contribution in [0.2, 0.25) is 0 Å². The van der Waals surface area contributed by atoms with Crippen molar-refractivity contribution in [3.63, 3.8) is 0 Å². The molecule has 142 valence electrons. The maximum atomic E-state index is 13.3. The molecule has 1 aromatic heterocycles. The summed E-state index contributed by atoms with van der Waals surface area (Å²) in [7, 11) is 1.56. The second-order valence-corrected chi connectivity index (χ2v) is 5.87. The van der Waals surface area contributed by atoms with Gasteiger partial charge in [0.1, 0.15) is 17.1 Å². The minimum atomic E-state index is -4.63. The van der Waals surface area contributed by atoms with Gasteiger partial charge in [-0.05, 0) is 37.0 Å². The number of rotatable bonds is 8. The lowest BCUT2D eigenvalue weighted by molar-refractivity contribution is -0.138. The summed E-state index contributed by atoms with van der Waals surface area (Å²) in [6, 6.07) is 1.18. The zero-order valence-electron chi connectivity index (χ0n) is 14.6. The third-order valence-corrected chi connectivity index (χ3v) is 4.13. The average molecular weight is 369 g/mol. The Bertz CT molecular complexity index is 714. The van der Waals surface area contributed by atoms with Gasteiger partial charge in [-0.25, -0.2) is 10.8 Å². The standard InChI is InChI=1S/C18H22F3N3O2/c1-4-5-6-14(25-3)11(2)13-9-12(13)10-26-15-7-8-23-17(24-22)16(15)18(19,20)21/h4-8,12-13H,2,9-10,22H2,1,3H3,(H,23,24)/b5-4-,14-6+/t12-,13?/m0/s1. The van der Waals surface area contributed by atoms with E-state index in [2.05, 4.69) is 11.6 Å². The Morgan fingerprint density at radius 1 is 1.50 bits per heavy atom. The van der Waals surface area contributed by atoms with E-state index in [0.29, 0.717) is 5.76 Å². The minimum Gasteiger partial charge on any atom is -0.496 e. The average Bonchev–Trinajstić information content (AvgIpc) is 3.38. The van der Waals surface area contributed by atoms with Crippen LogP contribution < -0.4 is 16.0 Å². The van der Waals surface area contributed by atoms with E-state index in [-0.39, 0.29) is 24.2 Å². The number of nitrogens with one attached hydrogen (secondary N) is 1. The number of aromatic nitrogens is 1. The first-order chi connectivity index (χ1) is 12.3. The number of nitrogens with two attached hydrogens (primary N) is 1. The van der Waals surface area contributed by atoms with Crippen LogP contribution in [0.25, 0.3) is 0 Å². The van der Waals surface area contributed by atoms with E-state index in [4.69, 9.17) is 15.3 Å². The Labute approximate surface area is 150 Å². The molecule has 0 bridgehead atoms. The Hall–Kier alpha value is -2.48. The lowest BCUT2D eigenvalue weighted by Crippen LogP contribution is -2.18. The van der Waals surface area contributed by atoms with Gasteiger partial charge in [-0.3, -0.25) is 0 Å². The van der Waals surface area contributed by atoms with Crippen molar-refractivity contribution >= 4 is 5.82 Å². The molecule has 0 spiro atoms. The quantitative estimate of drug-likeness (QED) is 0.313. The number of hydrogen-bond acceptors (Lipinski definition) is 5. The van der Waals surface area contributed by atoms with Gasteiger partial charge in [0.2, 0.25) is 0 Å². The maximum Gasteiger partial charge on any atom is 0.423 e. The van der Waals surface area contributed by atoms with Crippen LogP contribution in [0, 0.1) is 11.8 Å². The Morgan fingerprint density at radius 2 is 2.23 bits per heavy atom. The fourth-order valence-corrected chi connectivity index (χ4v) is 2.68. The summed E-state index contributed by atoms with van der Waals surface area (Å²) in [5, 5.41) is 0. The Kier molecular flexibility index (Phi) is 6.31. The van der Waals surface area contributed by atoms with Gasteiger partial charge in [-0.1, -0.05) is 18.7 Å². The van der Waals surface area contributed by atoms with Gasteiger partial charge in [0.05, 0.1) is 13.7 Å². The van der Waals surface area contributed by atoms with Gasteiger partial charge >= 0.3 is 6.18 Å². The molecule has 1 saturated carbocycles. The molecule has 0 radical (unpaired) electrons. The molecule has 1 aliphatic rings. The van der Waals surface area contributed by atoms with Crippen molar-refractivity contribution in [2.75, 3.05) is 19.1 Å². The molecule has 1 fully saturated rings. The number of allylic oxidation sites excluding steroid dienone is 4. The highest BCUT2D eigenvalue weighted by atomic mass is 19.4. The normalized spacial score (nSPS) is 20.2. The summed E-state index contributed by atoms with van der Waals surface area (Å²) >= 11 is 0. The molecule has 2 rings (SSSR count). The number of nitrogens with zero attached hydrogens (tertiary/aromatic N) is 1. The Balaban J connectivity index is 2.05. The maximum absolute atomic E-state index is 13.3. The number of nitrogen functional groups attached to an aromatic ring is 1. The molecule has 5 nitrogen and oxygen atoms in total. The smallest absolute Gasteiger partial charge is 0.423 e. The lowest BCUT2D eigenvalue weighted by atomic mass is 10.1. The first-order valence-corrected chi connectivity index (χ1v) is 8.05. The fraction of sp³-hybridized carbons (Fsp3) is 0.389. The molecule has 1 aromatic rings. The summed E-state index contributed by atoms with van der Waals surface area (Å²) in [4.78, 5) is 3.59. The van der Waals surface area contributed by atoms with Crippen LogP contribution in [-0.4, -0.2) is 18.7 Å². The number of halogens is 3.